The topological polar surface area (TPSA) is 680 Å². The third-order valence-electron chi connectivity index (χ3n) is 23.4. The third kappa shape index (κ3) is 29.7. The van der Waals surface area contributed by atoms with Crippen LogP contribution in [0.5, 0.6) is 5.75 Å². The fraction of sp³-hybridized carbons (Fsp3) is 0.529. The average Bonchev–Trinajstić information content (AvgIpc) is 1.56. The van der Waals surface area contributed by atoms with Crippen molar-refractivity contribution in [2.24, 2.45) is 22.9 Å². The molecule has 3 fully saturated rings. The number of para-hydroxylation sites is 1. The number of fused-ring (bicyclic) bond motifs is 4. The number of thioether (sulfide) groups is 1. The number of phenolic OH excluding ortho intramolecular Hbond substituents is 1. The number of aliphatic hydroxyl groups is 2. The number of nitrogens with one attached hydrogen (secondary N) is 13. The second-order valence-electron chi connectivity index (χ2n) is 33.1. The Hall–Kier alpha value is -13.1. The number of carboxylic acid groups (broad SMARTS) is 1. The number of phenols is 1. The van der Waals surface area contributed by atoms with Crippen LogP contribution < -0.4 is 81.4 Å². The molecule has 3 aromatic carbocycles. The van der Waals surface area contributed by atoms with Gasteiger partial charge in [0.1, 0.15) is 90.3 Å². The Kier molecular flexibility index (Phi) is 40.0. The molecule has 15 atom stereocenters. The number of unbranched alkanes of at least 4 members (excludes halogenated alkanes) is 2. The Morgan fingerprint density at radius 2 is 1.13 bits per heavy atom. The number of hydrogen-bond acceptors (Lipinski definition) is 25. The number of primary amides is 2. The number of likely N-dealkylation sites (N-methyl/N-ethyl adjacent to an activating group) is 3. The van der Waals surface area contributed by atoms with Gasteiger partial charge in [-0.3, -0.25) is 91.7 Å². The molecule has 46 heteroatoms. The smallest absolute Gasteiger partial charge is 0.303 e. The van der Waals surface area contributed by atoms with E-state index in [-0.39, 0.29) is 76.6 Å². The van der Waals surface area contributed by atoms with Crippen LogP contribution in [0, 0.1) is 5.41 Å². The van der Waals surface area contributed by atoms with Gasteiger partial charge in [-0.15, -0.1) is 23.1 Å². The number of benzene rings is 3. The first-order chi connectivity index (χ1) is 63.3. The fourth-order valence-corrected chi connectivity index (χ4v) is 17.8. The number of rotatable bonds is 26. The molecular formula is C87H122N22O22S2. The molecular weight excluding hydrogens is 1770 g/mol. The predicted molar refractivity (Wildman–Crippen MR) is 487 cm³/mol. The number of nitrogens with zero attached hydrogens (tertiary/aromatic N) is 5. The number of aromatic nitrogens is 1. The molecule has 724 valence electrons. The first kappa shape index (κ1) is 105. The lowest BCUT2D eigenvalue weighted by Gasteiger charge is -2.36. The molecule has 8 rings (SSSR count). The monoisotopic (exact) mass is 1890 g/mol. The van der Waals surface area contributed by atoms with Crippen LogP contribution in [0.25, 0.3) is 21.0 Å². The van der Waals surface area contributed by atoms with Gasteiger partial charge in [0.25, 0.3) is 0 Å². The lowest BCUT2D eigenvalue weighted by Crippen LogP contribution is -2.62. The molecule has 2 aromatic heterocycles. The normalized spacial score (nSPS) is 24.9. The molecule has 17 amide bonds. The van der Waals surface area contributed by atoms with E-state index in [1.165, 1.54) is 63.7 Å². The molecule has 0 saturated carbocycles. The minimum absolute atomic E-state index is 0.0233. The lowest BCUT2D eigenvalue weighted by molar-refractivity contribution is -0.149. The number of aliphatic hydroxyl groups excluding tert-OH is 2. The minimum Gasteiger partial charge on any atom is -0.508 e. The van der Waals surface area contributed by atoms with Crippen molar-refractivity contribution in [3.05, 3.63) is 101 Å². The third-order valence-corrected chi connectivity index (χ3v) is 25.5. The second kappa shape index (κ2) is 50.5. The highest BCUT2D eigenvalue weighted by Gasteiger charge is 2.47. The number of nitrogens with two attached hydrogens (primary N) is 4. The number of carbonyl (C=O) groups is 18. The Labute approximate surface area is 775 Å². The van der Waals surface area contributed by atoms with Gasteiger partial charge in [-0.2, -0.15) is 0 Å². The van der Waals surface area contributed by atoms with E-state index in [0.717, 1.165) is 41.0 Å². The summed E-state index contributed by atoms with van der Waals surface area (Å²) < 4.78 is 0.791. The zero-order chi connectivity index (χ0) is 97.6. The van der Waals surface area contributed by atoms with Crippen LogP contribution in [0.1, 0.15) is 127 Å². The van der Waals surface area contributed by atoms with E-state index in [1.807, 2.05) is 19.9 Å². The number of hydrogen-bond donors (Lipinski definition) is 21. The molecule has 44 nitrogen and oxygen atoms in total. The summed E-state index contributed by atoms with van der Waals surface area (Å²) in [5.74, 6) is -20.2. The van der Waals surface area contributed by atoms with Crippen LogP contribution >= 0.6 is 23.1 Å². The number of amides is 17. The van der Waals surface area contributed by atoms with Crippen LogP contribution in [-0.2, 0) is 106 Å². The summed E-state index contributed by atoms with van der Waals surface area (Å²) in [5, 5.41) is 81.6. The van der Waals surface area contributed by atoms with Crippen molar-refractivity contribution >= 4 is 156 Å². The van der Waals surface area contributed by atoms with E-state index in [9.17, 15) is 73.2 Å². The standard InChI is InChI=1S/C87H122N22O22S2/c1-7-9-21-64-79(124)97-55(20-15-31-93-87(91)92)75(120)104-63(74(119)95-40-70(90)114)44-132-45-71(115)96-58(33-47-25-27-50(111)28-26-47)82(127)105(4)46(3)73(118)100-60(37-69(89)113)85(130)108-32-16-23-65(108)80(125)102-61(38-88)77(122)98-56(29-30-72(116)117)84(129)109-41-51(112)36-67(109)81(126)99-57(34-48-39-94-54-19-13-11-17-52(48)54)76(121)103-62(42-110)78(123)101-59(35-49-43-133-68-24-14-12-18-53(49)68)83(128)107(6)66(22-10-8-2)86(131)106(64)5/h11-14,17-19,24-28,39,43,46,51,55-67,94,110-112H,7-10,15-16,20-23,29-38,40-42,44-45,88H2,1-6H3,(H2,89,113)(H2,90,114)(H,95,119)(H,96,115)(H,97,124)(H,98,122)(H,99,126)(H,100,118)(H,101,123)(H,102,125)(H,103,121)(H,104,120)(H,116,117)(H4,91,92,93)/t46-,51+,55-,56-,57-,58-,59-,60-,61-,62-,63-,64-,65-,66-,67-/m0/s1. The minimum atomic E-state index is -1.93. The van der Waals surface area contributed by atoms with Crippen molar-refractivity contribution in [1.82, 2.24) is 88.0 Å². The summed E-state index contributed by atoms with van der Waals surface area (Å²) in [4.78, 5) is 268. The molecule has 3 saturated heterocycles. The Morgan fingerprint density at radius 1 is 0.556 bits per heavy atom. The molecule has 0 radical (unpaired) electrons. The van der Waals surface area contributed by atoms with Crippen LogP contribution in [0.2, 0.25) is 0 Å². The maximum Gasteiger partial charge on any atom is 0.303 e. The molecule has 0 spiro atoms. The molecule has 0 unspecified atom stereocenters. The number of aliphatic carboxylic acids is 1. The summed E-state index contributed by atoms with van der Waals surface area (Å²) in [7, 11) is 3.84. The molecule has 0 aliphatic carbocycles. The number of aromatic amines is 1. The Morgan fingerprint density at radius 3 is 1.79 bits per heavy atom. The van der Waals surface area contributed by atoms with Crippen LogP contribution in [0.4, 0.5) is 0 Å². The van der Waals surface area contributed by atoms with Crippen molar-refractivity contribution in [3.63, 3.8) is 0 Å². The first-order valence-corrected chi connectivity index (χ1v) is 45.9. The zero-order valence-corrected chi connectivity index (χ0v) is 76.6. The number of guanidine groups is 1. The zero-order valence-electron chi connectivity index (χ0n) is 74.9. The fourth-order valence-electron chi connectivity index (χ4n) is 15.9. The highest BCUT2D eigenvalue weighted by Crippen LogP contribution is 2.30. The maximum atomic E-state index is 15.7. The Balaban J connectivity index is 1.19. The molecule has 3 aliphatic heterocycles. The van der Waals surface area contributed by atoms with Crippen LogP contribution in [-0.4, -0.2) is 325 Å². The van der Waals surface area contributed by atoms with Gasteiger partial charge < -0.3 is 131 Å². The van der Waals surface area contributed by atoms with Gasteiger partial charge in [-0.1, -0.05) is 88.1 Å². The van der Waals surface area contributed by atoms with E-state index in [0.29, 0.717) is 58.7 Å². The van der Waals surface area contributed by atoms with Crippen molar-refractivity contribution in [2.45, 2.75) is 221 Å². The number of aromatic hydroxyl groups is 1. The molecule has 5 heterocycles. The molecule has 3 aliphatic rings. The average molecular weight is 1890 g/mol. The van der Waals surface area contributed by atoms with Crippen molar-refractivity contribution in [2.75, 3.05) is 72.0 Å². The first-order valence-electron chi connectivity index (χ1n) is 43.9. The molecule has 25 N–H and O–H groups in total. The van der Waals surface area contributed by atoms with Gasteiger partial charge in [0.05, 0.1) is 31.4 Å². The summed E-state index contributed by atoms with van der Waals surface area (Å²) in [5.41, 5.74) is 24.8. The van der Waals surface area contributed by atoms with Gasteiger partial charge >= 0.3 is 5.97 Å². The molecule has 5 aromatic rings. The number of H-pyrrole nitrogens is 1. The van der Waals surface area contributed by atoms with Gasteiger partial charge in [0, 0.05) is 107 Å². The van der Waals surface area contributed by atoms with E-state index < -0.39 is 266 Å². The lowest BCUT2D eigenvalue weighted by atomic mass is 10.00. The molecule has 0 bridgehead atoms. The highest BCUT2D eigenvalue weighted by atomic mass is 32.2. The van der Waals surface area contributed by atoms with Crippen molar-refractivity contribution < 1.29 is 107 Å². The molecule has 133 heavy (non-hydrogen) atoms. The second-order valence-corrected chi connectivity index (χ2v) is 35.1. The summed E-state index contributed by atoms with van der Waals surface area (Å²) >= 11 is 2.07. The largest absolute Gasteiger partial charge is 0.508 e. The van der Waals surface area contributed by atoms with E-state index in [2.05, 4.69) is 63.5 Å². The quantitative estimate of drug-likeness (QED) is 0.0141. The van der Waals surface area contributed by atoms with E-state index in [1.54, 1.807) is 54.0 Å². The van der Waals surface area contributed by atoms with Crippen molar-refractivity contribution in [3.8, 4) is 5.75 Å². The predicted octanol–water partition coefficient (Wildman–Crippen LogP) is -4.38. The van der Waals surface area contributed by atoms with Gasteiger partial charge in [-0.25, -0.2) is 0 Å². The maximum absolute atomic E-state index is 15.7. The van der Waals surface area contributed by atoms with Gasteiger partial charge in [-0.05, 0) is 104 Å². The van der Waals surface area contributed by atoms with Crippen molar-refractivity contribution in [1.29, 1.82) is 5.41 Å². The van der Waals surface area contributed by atoms with E-state index in [4.69, 9.17) is 28.3 Å². The Bertz CT molecular complexity index is 5040. The van der Waals surface area contributed by atoms with Gasteiger partial charge in [0.2, 0.25) is 100 Å². The van der Waals surface area contributed by atoms with E-state index >= 15 is 33.6 Å². The summed E-state index contributed by atoms with van der Waals surface area (Å²) in [6.07, 6.45) is -2.29. The number of thiophene rings is 1. The van der Waals surface area contributed by atoms with Crippen LogP contribution in [0.15, 0.2) is 84.4 Å². The summed E-state index contributed by atoms with van der Waals surface area (Å²) in [6.45, 7) is 1.51. The number of carboxylic acids is 1. The number of carbonyl (C=O) groups excluding carboxylic acids is 17. The van der Waals surface area contributed by atoms with Gasteiger partial charge in [0.15, 0.2) is 5.96 Å². The summed E-state index contributed by atoms with van der Waals surface area (Å²) in [6, 6.07) is -3.37. The van der Waals surface area contributed by atoms with Crippen LogP contribution in [0.3, 0.4) is 0 Å². The highest BCUT2D eigenvalue weighted by molar-refractivity contribution is 8.00. The SMILES string of the molecule is CCCC[C@H]1C(=O)N(C)[C@@H](CCCC)C(=O)N[C@@H](CCCNC(=N)N)C(=O)N[C@H](C(=O)NCC(N)=O)CSCC(=O)N[C@@H](Cc2ccc(O)cc2)C(=O)N(C)[C@@H](C)C(=O)N[C@@H](CC(N)=O)C(=O)N2CCC[C@H]2C(=O)N[C@@H](CN)C(=O)N[C@@H](CCC(=O)O)C(=O)N2C[C@H](O)C[C@H]2C(=O)N[C@@H](Cc2c[nH]c3ccccc23)C(=O)N[C@@H](CO)C(=O)N[C@@H](Cc2csc3ccccc23)C(=O)N1C.